The van der Waals surface area contributed by atoms with Crippen molar-refractivity contribution in [3.63, 3.8) is 0 Å². The molecule has 1 aliphatic heterocycles. The van der Waals surface area contributed by atoms with Crippen LogP contribution in [-0.2, 0) is 11.3 Å². The first-order valence-electron chi connectivity index (χ1n) is 11.5. The summed E-state index contributed by atoms with van der Waals surface area (Å²) in [6.45, 7) is 9.18. The fraction of sp³-hybridized carbons (Fsp3) is 0.375. The lowest BCUT2D eigenvalue weighted by Gasteiger charge is -2.33. The largest absolute Gasteiger partial charge is 0.461 e. The molecule has 5 rings (SSSR count). The number of nitrogens with zero attached hydrogens (tertiary/aromatic N) is 6. The Morgan fingerprint density at radius 2 is 2.15 bits per heavy atom. The van der Waals surface area contributed by atoms with E-state index in [0.717, 1.165) is 54.0 Å². The highest BCUT2D eigenvalue weighted by Gasteiger charge is 2.27. The Balaban J connectivity index is 1.28. The van der Waals surface area contributed by atoms with Crippen LogP contribution in [0.4, 0.5) is 5.82 Å². The van der Waals surface area contributed by atoms with Crippen LogP contribution < -0.4 is 5.32 Å². The van der Waals surface area contributed by atoms with Crippen molar-refractivity contribution in [2.45, 2.75) is 33.4 Å². The van der Waals surface area contributed by atoms with Crippen molar-refractivity contribution < 1.29 is 14.1 Å². The Morgan fingerprint density at radius 1 is 1.26 bits per heavy atom. The Bertz CT molecular complexity index is 1330. The summed E-state index contributed by atoms with van der Waals surface area (Å²) in [5.41, 5.74) is 2.28. The maximum absolute atomic E-state index is 12.1. The van der Waals surface area contributed by atoms with E-state index in [1.54, 1.807) is 13.8 Å². The number of hydrogen-bond acceptors (Lipinski definition) is 9. The summed E-state index contributed by atoms with van der Waals surface area (Å²) < 4.78 is 12.1. The van der Waals surface area contributed by atoms with Crippen LogP contribution in [0, 0.1) is 6.92 Å². The molecule has 0 bridgehead atoms. The molecule has 1 unspecified atom stereocenters. The molecule has 4 heterocycles. The fourth-order valence-corrected chi connectivity index (χ4v) is 4.34. The lowest BCUT2D eigenvalue weighted by atomic mass is 10.1. The average molecular weight is 462 g/mol. The number of hydrogen-bond donors (Lipinski definition) is 1. The number of esters is 1. The number of benzene rings is 1. The second-order valence-corrected chi connectivity index (χ2v) is 8.27. The van der Waals surface area contributed by atoms with Gasteiger partial charge in [-0.3, -0.25) is 9.58 Å². The van der Waals surface area contributed by atoms with E-state index >= 15 is 0 Å². The molecule has 1 aliphatic rings. The second-order valence-electron chi connectivity index (χ2n) is 8.27. The first-order valence-corrected chi connectivity index (χ1v) is 11.5. The highest BCUT2D eigenvalue weighted by Crippen LogP contribution is 2.28. The van der Waals surface area contributed by atoms with E-state index < -0.39 is 0 Å². The molecule has 0 aliphatic carbocycles. The van der Waals surface area contributed by atoms with Crippen LogP contribution in [0.25, 0.3) is 22.2 Å². The predicted molar refractivity (Wildman–Crippen MR) is 126 cm³/mol. The van der Waals surface area contributed by atoms with E-state index in [9.17, 15) is 4.79 Å². The predicted octanol–water partition coefficient (Wildman–Crippen LogP) is 3.46. The van der Waals surface area contributed by atoms with E-state index in [1.807, 2.05) is 41.2 Å². The molecule has 0 saturated heterocycles. The Kier molecular flexibility index (Phi) is 5.97. The van der Waals surface area contributed by atoms with Gasteiger partial charge in [0, 0.05) is 49.7 Å². The minimum Gasteiger partial charge on any atom is -0.461 e. The van der Waals surface area contributed by atoms with Gasteiger partial charge >= 0.3 is 5.97 Å². The fourth-order valence-electron chi connectivity index (χ4n) is 4.34. The average Bonchev–Trinajstić information content (AvgIpc) is 3.47. The molecule has 4 aromatic rings. The maximum Gasteiger partial charge on any atom is 0.358 e. The third-order valence-electron chi connectivity index (χ3n) is 6.11. The highest BCUT2D eigenvalue weighted by atomic mass is 16.5. The Hall–Kier alpha value is -3.79. The third kappa shape index (κ3) is 4.24. The van der Waals surface area contributed by atoms with Crippen LogP contribution in [0.1, 0.15) is 42.0 Å². The number of pyridine rings is 1. The van der Waals surface area contributed by atoms with Crippen LogP contribution in [0.5, 0.6) is 0 Å². The van der Waals surface area contributed by atoms with Gasteiger partial charge in [-0.05, 0) is 37.4 Å². The monoisotopic (exact) mass is 461 g/mol. The van der Waals surface area contributed by atoms with Crippen LogP contribution >= 0.6 is 0 Å². The number of rotatable bonds is 7. The number of carbonyl (C=O) groups excluding carboxylic acids is 1. The summed E-state index contributed by atoms with van der Waals surface area (Å²) >= 11 is 0. The first-order chi connectivity index (χ1) is 16.5. The number of anilines is 1. The van der Waals surface area contributed by atoms with Crippen molar-refractivity contribution >= 4 is 22.6 Å². The molecule has 1 atom stereocenters. The van der Waals surface area contributed by atoms with Crippen molar-refractivity contribution in [2.24, 2.45) is 0 Å². The van der Waals surface area contributed by atoms with Crippen molar-refractivity contribution in [3.05, 3.63) is 53.8 Å². The van der Waals surface area contributed by atoms with Gasteiger partial charge < -0.3 is 14.6 Å². The summed E-state index contributed by atoms with van der Waals surface area (Å²) in [5.74, 6) is 1.54. The number of aromatic nitrogens is 5. The lowest BCUT2D eigenvalue weighted by molar-refractivity contribution is 0.0518. The molecule has 0 saturated carbocycles. The van der Waals surface area contributed by atoms with Gasteiger partial charge in [0.15, 0.2) is 5.69 Å². The maximum atomic E-state index is 12.1. The van der Waals surface area contributed by atoms with Crippen LogP contribution in [0.2, 0.25) is 0 Å². The van der Waals surface area contributed by atoms with Crippen molar-refractivity contribution in [1.29, 1.82) is 0 Å². The molecule has 1 aromatic carbocycles. The molecular formula is C24H27N7O3. The number of nitrogens with one attached hydrogen (secondary N) is 1. The van der Waals surface area contributed by atoms with Crippen molar-refractivity contribution in [3.8, 4) is 11.4 Å². The van der Waals surface area contributed by atoms with Crippen molar-refractivity contribution in [2.75, 3.05) is 31.6 Å². The number of carbonyl (C=O) groups is 1. The molecule has 0 spiro atoms. The summed E-state index contributed by atoms with van der Waals surface area (Å²) in [6, 6.07) is 10.0. The molecule has 0 fully saturated rings. The standard InChI is InChI=1S/C24H27N7O3/c1-4-33-24(32)20-14-21-15(2)30(11-12-31(21)28-20)10-9-26-23-19-13-18(22-27-16(3)34-29-22)6-5-17(19)7-8-25-23/h5-8,13-15H,4,9-12H2,1-3H3,(H,25,26). The van der Waals surface area contributed by atoms with Gasteiger partial charge in [-0.15, -0.1) is 0 Å². The summed E-state index contributed by atoms with van der Waals surface area (Å²) in [5, 5.41) is 14.0. The molecule has 1 N–H and O–H groups in total. The molecule has 10 nitrogen and oxygen atoms in total. The second kappa shape index (κ2) is 9.22. The number of fused-ring (bicyclic) bond motifs is 2. The summed E-state index contributed by atoms with van der Waals surface area (Å²) in [4.78, 5) is 23.3. The van der Waals surface area contributed by atoms with Crippen LogP contribution in [0.3, 0.4) is 0 Å². The lowest BCUT2D eigenvalue weighted by Crippen LogP contribution is -2.39. The van der Waals surface area contributed by atoms with Gasteiger partial charge in [-0.2, -0.15) is 10.1 Å². The minimum absolute atomic E-state index is 0.139. The highest BCUT2D eigenvalue weighted by molar-refractivity contribution is 5.94. The molecule has 0 amide bonds. The van der Waals surface area contributed by atoms with Gasteiger partial charge in [0.1, 0.15) is 5.82 Å². The zero-order valence-electron chi connectivity index (χ0n) is 19.5. The molecule has 10 heteroatoms. The normalized spacial score (nSPS) is 15.9. The van der Waals surface area contributed by atoms with E-state index in [4.69, 9.17) is 9.26 Å². The molecule has 34 heavy (non-hydrogen) atoms. The molecule has 3 aromatic heterocycles. The van der Waals surface area contributed by atoms with Gasteiger partial charge in [-0.25, -0.2) is 9.78 Å². The zero-order chi connectivity index (χ0) is 23.7. The number of ether oxygens (including phenoxy) is 1. The minimum atomic E-state index is -0.373. The van der Waals surface area contributed by atoms with Gasteiger partial charge in [0.25, 0.3) is 0 Å². The topological polar surface area (TPSA) is 111 Å². The van der Waals surface area contributed by atoms with E-state index in [0.29, 0.717) is 24.0 Å². The summed E-state index contributed by atoms with van der Waals surface area (Å²) in [6.07, 6.45) is 1.81. The van der Waals surface area contributed by atoms with E-state index in [2.05, 4.69) is 37.4 Å². The smallest absolute Gasteiger partial charge is 0.358 e. The summed E-state index contributed by atoms with van der Waals surface area (Å²) in [7, 11) is 0. The first kappa shape index (κ1) is 22.0. The van der Waals surface area contributed by atoms with E-state index in [1.165, 1.54) is 0 Å². The van der Waals surface area contributed by atoms with Gasteiger partial charge in [0.2, 0.25) is 11.7 Å². The molecule has 0 radical (unpaired) electrons. The van der Waals surface area contributed by atoms with E-state index in [-0.39, 0.29) is 12.0 Å². The zero-order valence-corrected chi connectivity index (χ0v) is 19.5. The SMILES string of the molecule is CCOC(=O)c1cc2n(n1)CCN(CCNc1nccc3ccc(-c4noc(C)n4)cc13)C2C. The van der Waals surface area contributed by atoms with Gasteiger partial charge in [0.05, 0.1) is 18.8 Å². The molecule has 176 valence electrons. The van der Waals surface area contributed by atoms with Crippen LogP contribution in [0.15, 0.2) is 41.1 Å². The quantitative estimate of drug-likeness (QED) is 0.414. The Labute approximate surface area is 196 Å². The number of aryl methyl sites for hydroxylation is 1. The van der Waals surface area contributed by atoms with Crippen LogP contribution in [-0.4, -0.2) is 62.0 Å². The third-order valence-corrected chi connectivity index (χ3v) is 6.11. The van der Waals surface area contributed by atoms with Gasteiger partial charge in [-0.1, -0.05) is 17.3 Å². The Morgan fingerprint density at radius 3 is 2.94 bits per heavy atom. The molecular weight excluding hydrogens is 434 g/mol. The van der Waals surface area contributed by atoms with Crippen molar-refractivity contribution in [1.82, 2.24) is 29.8 Å².